The van der Waals surface area contributed by atoms with Gasteiger partial charge in [0, 0.05) is 17.5 Å². The monoisotopic (exact) mass is 288 g/mol. The van der Waals surface area contributed by atoms with Gasteiger partial charge in [0.05, 0.1) is 14.2 Å². The number of hydrogen-bond acceptors (Lipinski definition) is 4. The van der Waals surface area contributed by atoms with Crippen molar-refractivity contribution in [3.8, 4) is 11.5 Å². The van der Waals surface area contributed by atoms with Crippen LogP contribution in [0.25, 0.3) is 0 Å². The molecule has 0 saturated carbocycles. The number of rotatable bonds is 4. The van der Waals surface area contributed by atoms with Crippen LogP contribution in [0.15, 0.2) is 36.5 Å². The van der Waals surface area contributed by atoms with Gasteiger partial charge in [-0.05, 0) is 31.2 Å². The van der Waals surface area contributed by atoms with Crippen molar-refractivity contribution >= 4 is 22.9 Å². The first-order valence-electron chi connectivity index (χ1n) is 6.10. The van der Waals surface area contributed by atoms with E-state index in [1.54, 1.807) is 20.4 Å². The van der Waals surface area contributed by atoms with Crippen LogP contribution in [0.1, 0.15) is 11.3 Å². The largest absolute Gasteiger partial charge is 0.494 e. The molecule has 0 aliphatic rings. The minimum Gasteiger partial charge on any atom is -0.494 e. The molecule has 0 atom stereocenters. The van der Waals surface area contributed by atoms with Gasteiger partial charge in [-0.2, -0.15) is 0 Å². The number of nitrogens with zero attached hydrogens (tertiary/aromatic N) is 1. The van der Waals surface area contributed by atoms with Crippen molar-refractivity contribution in [2.45, 2.75) is 6.92 Å². The van der Waals surface area contributed by atoms with E-state index in [-0.39, 0.29) is 0 Å². The Hall–Kier alpha value is -2.14. The predicted molar refractivity (Wildman–Crippen MR) is 83.8 cm³/mol. The zero-order valence-electron chi connectivity index (χ0n) is 11.6. The van der Waals surface area contributed by atoms with Crippen molar-refractivity contribution in [2.24, 2.45) is 0 Å². The summed E-state index contributed by atoms with van der Waals surface area (Å²) in [4.78, 5) is 4.81. The molecule has 4 nitrogen and oxygen atoms in total. The van der Waals surface area contributed by atoms with Crippen molar-refractivity contribution in [3.05, 3.63) is 47.8 Å². The fourth-order valence-corrected chi connectivity index (χ4v) is 1.99. The van der Waals surface area contributed by atoms with Crippen molar-refractivity contribution in [2.75, 3.05) is 19.5 Å². The summed E-state index contributed by atoms with van der Waals surface area (Å²) in [6.07, 6.45) is 1.74. The van der Waals surface area contributed by atoms with E-state index < -0.39 is 0 Å². The third kappa shape index (κ3) is 3.05. The molecule has 0 radical (unpaired) electrons. The first-order valence-corrected chi connectivity index (χ1v) is 6.51. The van der Waals surface area contributed by atoms with Crippen LogP contribution in [-0.2, 0) is 0 Å². The number of ether oxygens (including phenoxy) is 2. The maximum atomic E-state index is 5.40. The maximum Gasteiger partial charge on any atom is 0.146 e. The summed E-state index contributed by atoms with van der Waals surface area (Å²) < 4.78 is 10.7. The smallest absolute Gasteiger partial charge is 0.146 e. The second kappa shape index (κ2) is 6.34. The maximum absolute atomic E-state index is 5.40. The fraction of sp³-hybridized carbons (Fsp3) is 0.200. The Balaban J connectivity index is 2.29. The van der Waals surface area contributed by atoms with Crippen LogP contribution in [0, 0.1) is 6.92 Å². The number of aromatic nitrogens is 1. The van der Waals surface area contributed by atoms with E-state index in [1.165, 1.54) is 0 Å². The second-order valence-electron chi connectivity index (χ2n) is 4.18. The molecule has 20 heavy (non-hydrogen) atoms. The highest BCUT2D eigenvalue weighted by Gasteiger charge is 2.12. The number of methoxy groups -OCH3 is 2. The third-order valence-corrected chi connectivity index (χ3v) is 3.18. The summed E-state index contributed by atoms with van der Waals surface area (Å²) in [5.41, 5.74) is 2.51. The van der Waals surface area contributed by atoms with Gasteiger partial charge in [-0.15, -0.1) is 0 Å². The predicted octanol–water partition coefficient (Wildman–Crippen LogP) is 3.19. The minimum atomic E-state index is 0.570. The molecular weight excluding hydrogens is 272 g/mol. The van der Waals surface area contributed by atoms with Gasteiger partial charge in [0.1, 0.15) is 22.2 Å². The molecule has 104 valence electrons. The fourth-order valence-electron chi connectivity index (χ4n) is 1.76. The average Bonchev–Trinajstić information content (AvgIpc) is 2.48. The standard InChI is InChI=1S/C15H16N2O2S/c1-10-7-8-11(9-16-10)15(20)17-14-12(18-2)5-4-6-13(14)19-3/h4-9H,1-3H3,(H,17,20). The molecule has 1 aromatic heterocycles. The van der Waals surface area contributed by atoms with Gasteiger partial charge >= 0.3 is 0 Å². The SMILES string of the molecule is COc1cccc(OC)c1NC(=S)c1ccc(C)nc1. The van der Waals surface area contributed by atoms with Gasteiger partial charge in [-0.25, -0.2) is 0 Å². The van der Waals surface area contributed by atoms with Crippen LogP contribution in [-0.4, -0.2) is 24.2 Å². The first kappa shape index (κ1) is 14.3. The molecule has 0 saturated heterocycles. The number of para-hydroxylation sites is 1. The molecule has 1 heterocycles. The molecule has 2 rings (SSSR count). The molecule has 0 bridgehead atoms. The van der Waals surface area contributed by atoms with E-state index in [4.69, 9.17) is 21.7 Å². The van der Waals surface area contributed by atoms with Crippen LogP contribution < -0.4 is 14.8 Å². The molecule has 2 aromatic rings. The Morgan fingerprint density at radius 3 is 2.25 bits per heavy atom. The average molecular weight is 288 g/mol. The van der Waals surface area contributed by atoms with E-state index in [2.05, 4.69) is 10.3 Å². The number of thiocarbonyl (C=S) groups is 1. The zero-order chi connectivity index (χ0) is 14.5. The molecule has 0 unspecified atom stereocenters. The molecule has 0 fully saturated rings. The number of anilines is 1. The zero-order valence-corrected chi connectivity index (χ0v) is 12.5. The van der Waals surface area contributed by atoms with E-state index in [9.17, 15) is 0 Å². The molecule has 1 aromatic carbocycles. The van der Waals surface area contributed by atoms with Crippen LogP contribution in [0.4, 0.5) is 5.69 Å². The van der Waals surface area contributed by atoms with Crippen molar-refractivity contribution in [1.82, 2.24) is 4.98 Å². The van der Waals surface area contributed by atoms with Gasteiger partial charge in [0.15, 0.2) is 0 Å². The number of hydrogen-bond donors (Lipinski definition) is 1. The van der Waals surface area contributed by atoms with Gasteiger partial charge < -0.3 is 14.8 Å². The van der Waals surface area contributed by atoms with Crippen molar-refractivity contribution in [1.29, 1.82) is 0 Å². The first-order chi connectivity index (χ1) is 9.65. The molecule has 5 heteroatoms. The number of pyridine rings is 1. The highest BCUT2D eigenvalue weighted by molar-refractivity contribution is 7.81. The van der Waals surface area contributed by atoms with Gasteiger partial charge in [-0.3, -0.25) is 4.98 Å². The normalized spacial score (nSPS) is 9.95. The van der Waals surface area contributed by atoms with E-state index in [0.717, 1.165) is 11.3 Å². The Kier molecular flexibility index (Phi) is 4.53. The lowest BCUT2D eigenvalue weighted by atomic mass is 10.2. The second-order valence-corrected chi connectivity index (χ2v) is 4.59. The quantitative estimate of drug-likeness (QED) is 0.875. The van der Waals surface area contributed by atoms with Gasteiger partial charge in [0.2, 0.25) is 0 Å². The molecule has 1 N–H and O–H groups in total. The van der Waals surface area contributed by atoms with Crippen LogP contribution in [0.3, 0.4) is 0 Å². The lowest BCUT2D eigenvalue weighted by molar-refractivity contribution is 0.398. The minimum absolute atomic E-state index is 0.570. The number of aryl methyl sites for hydroxylation is 1. The number of nitrogens with one attached hydrogen (secondary N) is 1. The van der Waals surface area contributed by atoms with E-state index in [1.807, 2.05) is 37.3 Å². The lowest BCUT2D eigenvalue weighted by Gasteiger charge is -2.15. The third-order valence-electron chi connectivity index (χ3n) is 2.84. The van der Waals surface area contributed by atoms with Crippen LogP contribution in [0.5, 0.6) is 11.5 Å². The number of benzene rings is 1. The van der Waals surface area contributed by atoms with Crippen LogP contribution >= 0.6 is 12.2 Å². The summed E-state index contributed by atoms with van der Waals surface area (Å²) in [5.74, 6) is 1.35. The van der Waals surface area contributed by atoms with Crippen LogP contribution in [0.2, 0.25) is 0 Å². The summed E-state index contributed by atoms with van der Waals surface area (Å²) in [5, 5.41) is 3.16. The highest BCUT2D eigenvalue weighted by Crippen LogP contribution is 2.34. The summed E-state index contributed by atoms with van der Waals surface area (Å²) >= 11 is 5.40. The Bertz CT molecular complexity index is 590. The molecule has 0 amide bonds. The molecular formula is C15H16N2O2S. The Labute approximate surface area is 123 Å². The van der Waals surface area contributed by atoms with E-state index >= 15 is 0 Å². The molecule has 0 spiro atoms. The Morgan fingerprint density at radius 1 is 1.10 bits per heavy atom. The van der Waals surface area contributed by atoms with E-state index in [0.29, 0.717) is 22.2 Å². The molecule has 0 aliphatic heterocycles. The summed E-state index contributed by atoms with van der Waals surface area (Å²) in [7, 11) is 3.22. The topological polar surface area (TPSA) is 43.4 Å². The highest BCUT2D eigenvalue weighted by atomic mass is 32.1. The molecule has 0 aliphatic carbocycles. The summed E-state index contributed by atoms with van der Waals surface area (Å²) in [6.45, 7) is 1.93. The van der Waals surface area contributed by atoms with Crippen molar-refractivity contribution in [3.63, 3.8) is 0 Å². The van der Waals surface area contributed by atoms with Gasteiger partial charge in [-0.1, -0.05) is 18.3 Å². The Morgan fingerprint density at radius 2 is 1.75 bits per heavy atom. The summed E-state index contributed by atoms with van der Waals surface area (Å²) in [6, 6.07) is 9.41. The van der Waals surface area contributed by atoms with Gasteiger partial charge in [0.25, 0.3) is 0 Å². The lowest BCUT2D eigenvalue weighted by Crippen LogP contribution is -2.12. The van der Waals surface area contributed by atoms with Crippen molar-refractivity contribution < 1.29 is 9.47 Å².